The fourth-order valence-corrected chi connectivity index (χ4v) is 0. The Labute approximate surface area is 39.8 Å². The van der Waals surface area contributed by atoms with E-state index in [0.717, 1.165) is 0 Å². The molecule has 0 atom stereocenters. The summed E-state index contributed by atoms with van der Waals surface area (Å²) in [6.45, 7) is 2.27. The van der Waals surface area contributed by atoms with Gasteiger partial charge in [-0.1, -0.05) is 0 Å². The summed E-state index contributed by atoms with van der Waals surface area (Å²) in [5.41, 5.74) is 0. The maximum absolute atomic E-state index is 2.38. The Balaban J connectivity index is 1.97. The van der Waals surface area contributed by atoms with E-state index in [0.29, 0.717) is 0 Å². The first-order chi connectivity index (χ1) is 1.91. The van der Waals surface area contributed by atoms with Crippen molar-refractivity contribution in [3.05, 3.63) is 0 Å². The van der Waals surface area contributed by atoms with E-state index in [1.165, 1.54) is 3.98 Å². The van der Waals surface area contributed by atoms with Crippen LogP contribution in [0.4, 0.5) is 0 Å². The van der Waals surface area contributed by atoms with Crippen LogP contribution in [-0.2, 0) is 0 Å². The molecule has 0 heterocycles. The van der Waals surface area contributed by atoms with Gasteiger partial charge < -0.3 is 0 Å². The molecule has 22 valence electrons. The first-order valence-corrected chi connectivity index (χ1v) is 8.20. The zero-order valence-electron chi connectivity index (χ0n) is 3.21. The number of hydrogen-bond donors (Lipinski definition) is 0. The Morgan fingerprint density at radius 2 is 2.00 bits per heavy atom. The van der Waals surface area contributed by atoms with Gasteiger partial charge in [-0.3, -0.25) is 0 Å². The third-order valence-electron chi connectivity index (χ3n) is 0.354. The van der Waals surface area contributed by atoms with Crippen molar-refractivity contribution in [3.8, 4) is 0 Å². The standard InChI is InChI=1S/C2H5.CH3.Pb/c1-2;;/h1H2,2H3;1H3;/q;;+2. The summed E-state index contributed by atoms with van der Waals surface area (Å²) in [4.78, 5) is 0. The average molecular weight is 251 g/mol. The fourth-order valence-electron chi connectivity index (χ4n) is 0. The summed E-state index contributed by atoms with van der Waals surface area (Å²) in [6, 6.07) is 0. The molecule has 0 saturated carbocycles. The van der Waals surface area contributed by atoms with Gasteiger partial charge in [0.05, 0.1) is 0 Å². The van der Waals surface area contributed by atoms with Crippen LogP contribution in [0.3, 0.4) is 0 Å². The molecule has 0 aromatic rings. The van der Waals surface area contributed by atoms with Crippen LogP contribution >= 0.6 is 0 Å². The summed E-state index contributed by atoms with van der Waals surface area (Å²) >= 11 is 0.0664. The van der Waals surface area contributed by atoms with Crippen molar-refractivity contribution in [2.24, 2.45) is 0 Å². The maximum atomic E-state index is 2.38. The van der Waals surface area contributed by atoms with Gasteiger partial charge in [0, 0.05) is 0 Å². The molecule has 0 aliphatic carbocycles. The van der Waals surface area contributed by atoms with Gasteiger partial charge in [0.1, 0.15) is 0 Å². The van der Waals surface area contributed by atoms with E-state index < -0.39 is 0 Å². The van der Waals surface area contributed by atoms with Crippen molar-refractivity contribution in [3.63, 3.8) is 0 Å². The topological polar surface area (TPSA) is 0 Å². The molecule has 0 aromatic carbocycles. The van der Waals surface area contributed by atoms with Crippen molar-refractivity contribution in [1.82, 2.24) is 0 Å². The molecule has 0 N–H and O–H groups in total. The van der Waals surface area contributed by atoms with Crippen LogP contribution in [0, 0.1) is 0 Å². The van der Waals surface area contributed by atoms with E-state index in [-0.39, 0.29) is 24.2 Å². The molecule has 0 aromatic heterocycles. The third kappa shape index (κ3) is 2.92. The van der Waals surface area contributed by atoms with Crippen LogP contribution in [-0.4, -0.2) is 24.2 Å². The Kier molecular flexibility index (Phi) is 4.83. The average Bonchev–Trinajstić information content (AvgIpc) is 1.37. The van der Waals surface area contributed by atoms with E-state index >= 15 is 0 Å². The molecule has 4 heavy (non-hydrogen) atoms. The van der Waals surface area contributed by atoms with Crippen molar-refractivity contribution in [2.75, 3.05) is 0 Å². The van der Waals surface area contributed by atoms with Crippen LogP contribution in [0.2, 0.25) is 8.46 Å². The summed E-state index contributed by atoms with van der Waals surface area (Å²) in [7, 11) is 0. The minimum atomic E-state index is 0.0664. The van der Waals surface area contributed by atoms with Crippen molar-refractivity contribution in [1.29, 1.82) is 0 Å². The molecular formula is C3H8Pb+2. The van der Waals surface area contributed by atoms with Gasteiger partial charge in [-0.25, -0.2) is 0 Å². The Morgan fingerprint density at radius 1 is 1.75 bits per heavy atom. The van der Waals surface area contributed by atoms with E-state index in [4.69, 9.17) is 0 Å². The van der Waals surface area contributed by atoms with Gasteiger partial charge in [-0.05, 0) is 0 Å². The molecule has 0 amide bonds. The van der Waals surface area contributed by atoms with Gasteiger partial charge in [0.25, 0.3) is 0 Å². The normalized spacial score (nSPS) is 5.50. The summed E-state index contributed by atoms with van der Waals surface area (Å²) in [5.74, 6) is 0. The molecule has 0 fully saturated rings. The second-order valence-electron chi connectivity index (χ2n) is 0.707. The first kappa shape index (κ1) is 4.92. The Bertz CT molecular complexity index is 5.25. The van der Waals surface area contributed by atoms with Gasteiger partial charge in [0.2, 0.25) is 0 Å². The van der Waals surface area contributed by atoms with Gasteiger partial charge in [-0.2, -0.15) is 0 Å². The van der Waals surface area contributed by atoms with Crippen LogP contribution in [0.1, 0.15) is 6.92 Å². The SMILES string of the molecule is C[CH2][Pb+2][CH3]. The zero-order chi connectivity index (χ0) is 3.41. The van der Waals surface area contributed by atoms with Crippen LogP contribution in [0.5, 0.6) is 0 Å². The molecule has 0 radical (unpaired) electrons. The Morgan fingerprint density at radius 3 is 2.00 bits per heavy atom. The van der Waals surface area contributed by atoms with E-state index in [2.05, 4.69) is 11.4 Å². The van der Waals surface area contributed by atoms with Crippen LogP contribution in [0.15, 0.2) is 0 Å². The van der Waals surface area contributed by atoms with Crippen molar-refractivity contribution < 1.29 is 0 Å². The molecule has 0 rings (SSSR count). The monoisotopic (exact) mass is 252 g/mol. The van der Waals surface area contributed by atoms with E-state index in [1.54, 1.807) is 0 Å². The fraction of sp³-hybridized carbons (Fsp3) is 1.00. The predicted octanol–water partition coefficient (Wildman–Crippen LogP) is 1.18. The third-order valence-corrected chi connectivity index (χ3v) is 3.10. The molecule has 0 nitrogen and oxygen atoms in total. The predicted molar refractivity (Wildman–Crippen MR) is 22.1 cm³/mol. The molecule has 0 aliphatic rings. The van der Waals surface area contributed by atoms with Crippen molar-refractivity contribution >= 4 is 24.2 Å². The first-order valence-electron chi connectivity index (χ1n) is 1.56. The molecule has 0 unspecified atom stereocenters. The van der Waals surface area contributed by atoms with Crippen molar-refractivity contribution in [2.45, 2.75) is 15.4 Å². The summed E-state index contributed by atoms with van der Waals surface area (Å²) < 4.78 is 3.89. The zero-order valence-corrected chi connectivity index (χ0v) is 7.09. The van der Waals surface area contributed by atoms with Crippen LogP contribution in [0.25, 0.3) is 0 Å². The molecule has 0 spiro atoms. The number of rotatable bonds is 1. The van der Waals surface area contributed by atoms with Gasteiger partial charge >= 0.3 is 39.6 Å². The van der Waals surface area contributed by atoms with Crippen LogP contribution < -0.4 is 0 Å². The van der Waals surface area contributed by atoms with E-state index in [9.17, 15) is 0 Å². The second-order valence-corrected chi connectivity index (χ2v) is 6.20. The number of hydrogen-bond acceptors (Lipinski definition) is 0. The molecule has 1 heteroatoms. The van der Waals surface area contributed by atoms with E-state index in [1.807, 2.05) is 0 Å². The summed E-state index contributed by atoms with van der Waals surface area (Å²) in [5, 5.41) is 0. The molecule has 0 aliphatic heterocycles. The molecule has 0 saturated heterocycles. The minimum absolute atomic E-state index is 0.0664. The van der Waals surface area contributed by atoms with Gasteiger partial charge in [-0.15, -0.1) is 0 Å². The molecule has 0 bridgehead atoms. The second kappa shape index (κ2) is 3.92. The summed E-state index contributed by atoms with van der Waals surface area (Å²) in [6.07, 6.45) is 0. The van der Waals surface area contributed by atoms with Gasteiger partial charge in [0.15, 0.2) is 0 Å². The quantitative estimate of drug-likeness (QED) is 0.614. The Hall–Kier alpha value is 0.922. The molecular weight excluding hydrogens is 243 g/mol.